The number of likely N-dealkylation sites (N-methyl/N-ethyl adjacent to an activating group) is 2. The van der Waals surface area contributed by atoms with Crippen molar-refractivity contribution in [2.45, 2.75) is 37.9 Å². The summed E-state index contributed by atoms with van der Waals surface area (Å²) in [6, 6.07) is 22.4. The van der Waals surface area contributed by atoms with Crippen molar-refractivity contribution in [3.05, 3.63) is 105 Å². The predicted molar refractivity (Wildman–Crippen MR) is 196 cm³/mol. The van der Waals surface area contributed by atoms with Gasteiger partial charge in [-0.15, -0.1) is 0 Å². The van der Waals surface area contributed by atoms with E-state index in [1.54, 1.807) is 26.2 Å². The topological polar surface area (TPSA) is 133 Å². The molecule has 0 radical (unpaired) electrons. The molecule has 2 aromatic heterocycles. The van der Waals surface area contributed by atoms with Crippen LogP contribution in [0.5, 0.6) is 0 Å². The molecule has 0 aliphatic carbocycles. The van der Waals surface area contributed by atoms with E-state index in [9.17, 15) is 24.6 Å². The van der Waals surface area contributed by atoms with Crippen molar-refractivity contribution in [1.29, 1.82) is 0 Å². The molecular weight excluding hydrogens is 712 g/mol. The first-order chi connectivity index (χ1) is 24.2. The van der Waals surface area contributed by atoms with E-state index in [0.717, 1.165) is 38.1 Å². The second-order valence-electron chi connectivity index (χ2n) is 12.6. The molecule has 51 heavy (non-hydrogen) atoms. The van der Waals surface area contributed by atoms with Gasteiger partial charge in [-0.3, -0.25) is 9.59 Å². The number of aliphatic hydroxyl groups is 2. The average molecular weight is 750 g/mol. The number of pyridine rings is 2. The Bertz CT molecular complexity index is 2130. The molecule has 0 bridgehead atoms. The summed E-state index contributed by atoms with van der Waals surface area (Å²) in [4.78, 5) is 47.6. The lowest BCUT2D eigenvalue weighted by molar-refractivity contribution is -0.138. The quantitative estimate of drug-likeness (QED) is 0.177. The minimum absolute atomic E-state index is 0.234. The number of carbonyl (C=O) groups is 3. The highest BCUT2D eigenvalue weighted by molar-refractivity contribution is 9.10. The van der Waals surface area contributed by atoms with Crippen molar-refractivity contribution in [2.24, 2.45) is 0 Å². The maximum atomic E-state index is 12.0. The Morgan fingerprint density at radius 2 is 1.24 bits per heavy atom. The zero-order chi connectivity index (χ0) is 36.9. The van der Waals surface area contributed by atoms with E-state index < -0.39 is 17.2 Å². The van der Waals surface area contributed by atoms with Crippen LogP contribution in [0.2, 0.25) is 0 Å². The fourth-order valence-corrected chi connectivity index (χ4v) is 6.15. The molecule has 0 saturated carbocycles. The molecule has 2 aromatic carbocycles. The number of benzene rings is 2. The van der Waals surface area contributed by atoms with Gasteiger partial charge in [0.1, 0.15) is 10.3 Å². The van der Waals surface area contributed by atoms with Crippen LogP contribution in [0.15, 0.2) is 77.4 Å². The summed E-state index contributed by atoms with van der Waals surface area (Å²) in [6.07, 6.45) is 0.623. The third-order valence-electron chi connectivity index (χ3n) is 8.47. The van der Waals surface area contributed by atoms with Crippen LogP contribution in [0.3, 0.4) is 0 Å². The molecule has 6 rings (SSSR count). The number of likely N-dealkylation sites (tertiary alicyclic amines) is 2. The zero-order valence-electron chi connectivity index (χ0n) is 29.0. The summed E-state index contributed by atoms with van der Waals surface area (Å²) in [5, 5.41) is 20.8. The van der Waals surface area contributed by atoms with Gasteiger partial charge in [-0.05, 0) is 89.4 Å². The lowest BCUT2D eigenvalue weighted by Crippen LogP contribution is -2.37. The highest BCUT2D eigenvalue weighted by Crippen LogP contribution is 2.25. The van der Waals surface area contributed by atoms with Gasteiger partial charge in [0.25, 0.3) is 11.8 Å². The first kappa shape index (κ1) is 36.9. The fraction of sp³-hybridized carbons (Fsp3) is 0.275. The number of esters is 1. The van der Waals surface area contributed by atoms with E-state index in [-0.39, 0.29) is 23.9 Å². The van der Waals surface area contributed by atoms with E-state index in [1.807, 2.05) is 74.5 Å². The molecule has 2 saturated heterocycles. The number of carbonyl (C=O) groups excluding carboxylic acids is 3. The van der Waals surface area contributed by atoms with Crippen molar-refractivity contribution < 1.29 is 29.3 Å². The Morgan fingerprint density at radius 3 is 1.67 bits per heavy atom. The first-order valence-corrected chi connectivity index (χ1v) is 16.9. The number of ether oxygens (including phenoxy) is 1. The summed E-state index contributed by atoms with van der Waals surface area (Å²) < 4.78 is 5.52. The van der Waals surface area contributed by atoms with Crippen molar-refractivity contribution in [3.8, 4) is 46.2 Å². The van der Waals surface area contributed by atoms with Crippen LogP contribution in [-0.2, 0) is 14.3 Å². The van der Waals surface area contributed by atoms with Gasteiger partial charge in [0, 0.05) is 62.3 Å². The summed E-state index contributed by atoms with van der Waals surface area (Å²) in [6.45, 7) is 4.88. The number of nitrogens with zero attached hydrogens (tertiary/aromatic N) is 4. The Kier molecular flexibility index (Phi) is 11.1. The minimum Gasteiger partial charge on any atom is -0.464 e. The van der Waals surface area contributed by atoms with Gasteiger partial charge in [0.15, 0.2) is 0 Å². The number of halogens is 1. The summed E-state index contributed by atoms with van der Waals surface area (Å²) in [5.74, 6) is 10.0. The van der Waals surface area contributed by atoms with Crippen LogP contribution >= 0.6 is 15.9 Å². The molecule has 2 amide bonds. The SMILES string of the molecule is COC(=O)c1cc(C)cc(-c2cccc(C#C[C@]3(O)CCN(C)C3=O)c2)n1.Cc1cc(Br)nc(-c2cccc(C#C[C@]3(O)CCN(C)C3=O)c2)c1. The third kappa shape index (κ3) is 8.70. The number of amides is 2. The van der Waals surface area contributed by atoms with E-state index in [2.05, 4.69) is 49.6 Å². The van der Waals surface area contributed by atoms with Gasteiger partial charge in [-0.2, -0.15) is 0 Å². The van der Waals surface area contributed by atoms with E-state index in [0.29, 0.717) is 30.8 Å². The van der Waals surface area contributed by atoms with Gasteiger partial charge in [0.05, 0.1) is 18.5 Å². The summed E-state index contributed by atoms with van der Waals surface area (Å²) in [7, 11) is 4.63. The van der Waals surface area contributed by atoms with E-state index >= 15 is 0 Å². The number of hydrogen-bond donors (Lipinski definition) is 2. The van der Waals surface area contributed by atoms with E-state index in [1.165, 1.54) is 16.9 Å². The zero-order valence-corrected chi connectivity index (χ0v) is 30.5. The maximum Gasteiger partial charge on any atom is 0.356 e. The molecule has 4 heterocycles. The average Bonchev–Trinajstić information content (AvgIpc) is 3.53. The van der Waals surface area contributed by atoms with Gasteiger partial charge in [-0.25, -0.2) is 14.8 Å². The van der Waals surface area contributed by atoms with Crippen LogP contribution in [0, 0.1) is 37.5 Å². The molecule has 0 spiro atoms. The molecule has 11 heteroatoms. The molecular formula is C40H37BrN4O6. The summed E-state index contributed by atoms with van der Waals surface area (Å²) >= 11 is 3.41. The smallest absolute Gasteiger partial charge is 0.356 e. The van der Waals surface area contributed by atoms with Crippen molar-refractivity contribution in [2.75, 3.05) is 34.3 Å². The Hall–Kier alpha value is -5.33. The number of aryl methyl sites for hydroxylation is 2. The lowest BCUT2D eigenvalue weighted by Gasteiger charge is -2.13. The molecule has 2 atom stereocenters. The Balaban J connectivity index is 0.000000199. The first-order valence-electron chi connectivity index (χ1n) is 16.1. The highest BCUT2D eigenvalue weighted by atomic mass is 79.9. The number of methoxy groups -OCH3 is 1. The Morgan fingerprint density at radius 1 is 0.765 bits per heavy atom. The largest absolute Gasteiger partial charge is 0.464 e. The van der Waals surface area contributed by atoms with Crippen LogP contribution in [0.1, 0.15) is 45.6 Å². The molecule has 260 valence electrons. The minimum atomic E-state index is -1.63. The van der Waals surface area contributed by atoms with Crippen LogP contribution < -0.4 is 0 Å². The Labute approximate surface area is 305 Å². The van der Waals surface area contributed by atoms with Crippen LogP contribution in [0.25, 0.3) is 22.5 Å². The lowest BCUT2D eigenvalue weighted by atomic mass is 10.0. The van der Waals surface area contributed by atoms with Gasteiger partial charge in [0.2, 0.25) is 11.2 Å². The van der Waals surface area contributed by atoms with E-state index in [4.69, 9.17) is 4.74 Å². The third-order valence-corrected chi connectivity index (χ3v) is 8.87. The maximum absolute atomic E-state index is 12.0. The normalized spacial score (nSPS) is 19.4. The molecule has 2 fully saturated rings. The second kappa shape index (κ2) is 15.3. The molecule has 2 N–H and O–H groups in total. The predicted octanol–water partition coefficient (Wildman–Crippen LogP) is 4.55. The van der Waals surface area contributed by atoms with Gasteiger partial charge < -0.3 is 24.7 Å². The van der Waals surface area contributed by atoms with Crippen molar-refractivity contribution in [1.82, 2.24) is 19.8 Å². The van der Waals surface area contributed by atoms with Crippen molar-refractivity contribution >= 4 is 33.7 Å². The monoisotopic (exact) mass is 748 g/mol. The van der Waals surface area contributed by atoms with Gasteiger partial charge in [-0.1, -0.05) is 47.9 Å². The highest BCUT2D eigenvalue weighted by Gasteiger charge is 2.43. The number of hydrogen-bond acceptors (Lipinski definition) is 8. The standard InChI is InChI=1S/C21H20N2O4.C19H17BrN2O2/c1-14-11-17(22-18(12-14)19(24)27-3)16-6-4-5-15(13-16)7-8-21(26)9-10-23(2)20(21)25;1-13-10-16(21-17(20)11-13)15-5-3-4-14(12-15)6-7-19(24)8-9-22(2)18(19)23/h4-6,11-13,26H,9-10H2,1-3H3;3-5,10-12,24H,8-9H2,1-2H3/t21-;19-/m00/s1. The fourth-order valence-electron chi connectivity index (χ4n) is 5.60. The second-order valence-corrected chi connectivity index (χ2v) is 13.4. The van der Waals surface area contributed by atoms with Crippen molar-refractivity contribution in [3.63, 3.8) is 0 Å². The molecule has 4 aromatic rings. The number of aromatic nitrogens is 2. The molecule has 0 unspecified atom stereocenters. The van der Waals surface area contributed by atoms with Gasteiger partial charge >= 0.3 is 5.97 Å². The summed E-state index contributed by atoms with van der Waals surface area (Å²) in [5.41, 5.74) is 3.58. The molecule has 10 nitrogen and oxygen atoms in total. The molecule has 2 aliphatic heterocycles. The molecule has 2 aliphatic rings. The van der Waals surface area contributed by atoms with Crippen LogP contribution in [-0.4, -0.2) is 93.3 Å². The van der Waals surface area contributed by atoms with Crippen LogP contribution in [0.4, 0.5) is 0 Å². The number of rotatable bonds is 3.